The maximum Gasteiger partial charge on any atom is 0.264 e. The fourth-order valence-electron chi connectivity index (χ4n) is 2.31. The summed E-state index contributed by atoms with van der Waals surface area (Å²) >= 11 is 0. The van der Waals surface area contributed by atoms with Crippen LogP contribution in [0, 0.1) is 6.92 Å². The van der Waals surface area contributed by atoms with Crippen LogP contribution in [0.25, 0.3) is 0 Å². The lowest BCUT2D eigenvalue weighted by molar-refractivity contribution is -0.303. The Balaban J connectivity index is 2.58. The van der Waals surface area contributed by atoms with Gasteiger partial charge in [-0.2, -0.15) is 0 Å². The number of carboxylic acids is 1. The lowest BCUT2D eigenvalue weighted by Gasteiger charge is -2.27. The lowest BCUT2D eigenvalue weighted by Crippen LogP contribution is -2.42. The van der Waals surface area contributed by atoms with E-state index in [2.05, 4.69) is 0 Å². The Morgan fingerprint density at radius 2 is 1.70 bits per heavy atom. The number of aliphatic carboxylic acids is 1. The highest BCUT2D eigenvalue weighted by atomic mass is 32.2. The summed E-state index contributed by atoms with van der Waals surface area (Å²) in [5.41, 5.74) is 2.04. The first-order valence-electron chi connectivity index (χ1n) is 7.23. The van der Waals surface area contributed by atoms with Crippen molar-refractivity contribution in [2.75, 3.05) is 10.8 Å². The lowest BCUT2D eigenvalue weighted by atomic mass is 10.1. The van der Waals surface area contributed by atoms with Crippen molar-refractivity contribution in [2.24, 2.45) is 0 Å². The molecule has 0 bridgehead atoms. The second-order valence-corrected chi connectivity index (χ2v) is 7.04. The molecule has 2 rings (SSSR count). The van der Waals surface area contributed by atoms with Crippen LogP contribution < -0.4 is 9.41 Å². The normalized spacial score (nSPS) is 11.2. The highest BCUT2D eigenvalue weighted by molar-refractivity contribution is 7.92. The van der Waals surface area contributed by atoms with Crippen molar-refractivity contribution in [1.29, 1.82) is 0 Å². The van der Waals surface area contributed by atoms with Crippen LogP contribution in [0.15, 0.2) is 53.4 Å². The number of nitrogens with zero attached hydrogens (tertiary/aromatic N) is 1. The molecule has 2 aromatic rings. The van der Waals surface area contributed by atoms with Gasteiger partial charge in [0, 0.05) is 0 Å². The van der Waals surface area contributed by atoms with Gasteiger partial charge in [0.2, 0.25) is 0 Å². The molecule has 6 heteroatoms. The molecule has 0 radical (unpaired) electrons. The Hall–Kier alpha value is -2.34. The number of carbonyl (C=O) groups is 1. The zero-order chi connectivity index (χ0) is 17.0. The predicted molar refractivity (Wildman–Crippen MR) is 86.5 cm³/mol. The van der Waals surface area contributed by atoms with E-state index in [1.54, 1.807) is 36.4 Å². The first-order valence-corrected chi connectivity index (χ1v) is 8.67. The third-order valence-electron chi connectivity index (χ3n) is 3.52. The molecule has 5 nitrogen and oxygen atoms in total. The summed E-state index contributed by atoms with van der Waals surface area (Å²) in [5, 5.41) is 11.1. The molecule has 23 heavy (non-hydrogen) atoms. The fraction of sp³-hybridized carbons (Fsp3) is 0.235. The monoisotopic (exact) mass is 332 g/mol. The van der Waals surface area contributed by atoms with Crippen LogP contribution >= 0.6 is 0 Å². The Labute approximate surface area is 136 Å². The third-order valence-corrected chi connectivity index (χ3v) is 5.30. The molecule has 0 aliphatic rings. The van der Waals surface area contributed by atoms with Crippen LogP contribution in [0.4, 0.5) is 5.69 Å². The van der Waals surface area contributed by atoms with Crippen LogP contribution in [0.1, 0.15) is 18.1 Å². The van der Waals surface area contributed by atoms with E-state index in [1.165, 1.54) is 12.1 Å². The predicted octanol–water partition coefficient (Wildman–Crippen LogP) is 1.50. The van der Waals surface area contributed by atoms with Crippen molar-refractivity contribution in [1.82, 2.24) is 0 Å². The number of carbonyl (C=O) groups excluding carboxylic acids is 1. The molecular weight excluding hydrogens is 314 g/mol. The van der Waals surface area contributed by atoms with Crippen molar-refractivity contribution >= 4 is 21.7 Å². The molecule has 0 aliphatic heterocycles. The zero-order valence-corrected chi connectivity index (χ0v) is 13.8. The van der Waals surface area contributed by atoms with Gasteiger partial charge in [-0.3, -0.25) is 4.31 Å². The van der Waals surface area contributed by atoms with E-state index < -0.39 is 22.5 Å². The maximum atomic E-state index is 12.9. The summed E-state index contributed by atoms with van der Waals surface area (Å²) in [6.07, 6.45) is 0.586. The fourth-order valence-corrected chi connectivity index (χ4v) is 3.75. The van der Waals surface area contributed by atoms with Crippen molar-refractivity contribution in [3.8, 4) is 0 Å². The zero-order valence-electron chi connectivity index (χ0n) is 13.0. The first-order chi connectivity index (χ1) is 10.9. The van der Waals surface area contributed by atoms with Gasteiger partial charge in [-0.15, -0.1) is 0 Å². The summed E-state index contributed by atoms with van der Waals surface area (Å²) in [7, 11) is -3.99. The van der Waals surface area contributed by atoms with Crippen molar-refractivity contribution in [3.05, 3.63) is 59.7 Å². The number of benzene rings is 2. The number of sulfonamides is 1. The molecule has 0 N–H and O–H groups in total. The molecule has 0 amide bonds. The van der Waals surface area contributed by atoms with E-state index in [-0.39, 0.29) is 4.90 Å². The van der Waals surface area contributed by atoms with E-state index in [1.807, 2.05) is 13.8 Å². The summed E-state index contributed by atoms with van der Waals surface area (Å²) in [6, 6.07) is 13.2. The van der Waals surface area contributed by atoms with E-state index in [0.717, 1.165) is 15.4 Å². The highest BCUT2D eigenvalue weighted by Gasteiger charge is 2.26. The first kappa shape index (κ1) is 17.0. The SMILES string of the molecule is CCc1ccccc1N(CC(=O)[O-])S(=O)(=O)c1ccc(C)cc1. The summed E-state index contributed by atoms with van der Waals surface area (Å²) in [4.78, 5) is 11.1. The summed E-state index contributed by atoms with van der Waals surface area (Å²) in [5.74, 6) is -1.45. The molecule has 0 saturated heterocycles. The average Bonchev–Trinajstić information content (AvgIpc) is 2.52. The smallest absolute Gasteiger partial charge is 0.264 e. The molecule has 0 heterocycles. The van der Waals surface area contributed by atoms with Crippen LogP contribution in [-0.2, 0) is 21.2 Å². The Kier molecular flexibility index (Phi) is 5.05. The largest absolute Gasteiger partial charge is 0.548 e. The van der Waals surface area contributed by atoms with Gasteiger partial charge in [-0.05, 0) is 37.1 Å². The summed E-state index contributed by atoms with van der Waals surface area (Å²) < 4.78 is 26.7. The molecule has 0 aromatic heterocycles. The number of para-hydroxylation sites is 1. The number of anilines is 1. The van der Waals surface area contributed by atoms with Crippen molar-refractivity contribution < 1.29 is 18.3 Å². The van der Waals surface area contributed by atoms with Crippen LogP contribution in [-0.4, -0.2) is 20.9 Å². The van der Waals surface area contributed by atoms with Crippen LogP contribution in [0.5, 0.6) is 0 Å². The van der Waals surface area contributed by atoms with Gasteiger partial charge in [-0.25, -0.2) is 8.42 Å². The second kappa shape index (κ2) is 6.83. The standard InChI is InChI=1S/C17H19NO4S/c1-3-14-6-4-5-7-16(14)18(12-17(19)20)23(21,22)15-10-8-13(2)9-11-15/h4-11H,3,12H2,1-2H3,(H,19,20)/p-1. The minimum absolute atomic E-state index is 0.0512. The van der Waals surface area contributed by atoms with Gasteiger partial charge < -0.3 is 9.90 Å². The number of hydrogen-bond donors (Lipinski definition) is 0. The number of hydrogen-bond acceptors (Lipinski definition) is 4. The van der Waals surface area contributed by atoms with E-state index in [4.69, 9.17) is 0 Å². The Morgan fingerprint density at radius 1 is 1.09 bits per heavy atom. The number of carboxylic acid groups (broad SMARTS) is 1. The van der Waals surface area contributed by atoms with Gasteiger partial charge in [-0.1, -0.05) is 42.8 Å². The minimum atomic E-state index is -3.99. The number of rotatable bonds is 6. The number of aryl methyl sites for hydroxylation is 2. The van der Waals surface area contributed by atoms with Crippen LogP contribution in [0.3, 0.4) is 0 Å². The van der Waals surface area contributed by atoms with E-state index in [0.29, 0.717) is 12.1 Å². The molecule has 0 aliphatic carbocycles. The quantitative estimate of drug-likeness (QED) is 0.803. The second-order valence-electron chi connectivity index (χ2n) is 5.18. The molecule has 0 fully saturated rings. The summed E-state index contributed by atoms with van der Waals surface area (Å²) in [6.45, 7) is 3.00. The van der Waals surface area contributed by atoms with Crippen molar-refractivity contribution in [3.63, 3.8) is 0 Å². The van der Waals surface area contributed by atoms with Crippen molar-refractivity contribution in [2.45, 2.75) is 25.2 Å². The van der Waals surface area contributed by atoms with Crippen LogP contribution in [0.2, 0.25) is 0 Å². The van der Waals surface area contributed by atoms with Gasteiger partial charge >= 0.3 is 0 Å². The molecule has 2 aromatic carbocycles. The molecule has 0 unspecified atom stereocenters. The van der Waals surface area contributed by atoms with Gasteiger partial charge in [0.1, 0.15) is 0 Å². The topological polar surface area (TPSA) is 77.5 Å². The Bertz CT molecular complexity index is 798. The van der Waals surface area contributed by atoms with E-state index >= 15 is 0 Å². The average molecular weight is 332 g/mol. The highest BCUT2D eigenvalue weighted by Crippen LogP contribution is 2.27. The maximum absolute atomic E-state index is 12.9. The van der Waals surface area contributed by atoms with Gasteiger partial charge in [0.15, 0.2) is 0 Å². The minimum Gasteiger partial charge on any atom is -0.548 e. The molecule has 0 spiro atoms. The van der Waals surface area contributed by atoms with Gasteiger partial charge in [0.05, 0.1) is 23.1 Å². The molecular formula is C17H18NO4S-. The molecule has 0 saturated carbocycles. The van der Waals surface area contributed by atoms with E-state index in [9.17, 15) is 18.3 Å². The molecule has 122 valence electrons. The Morgan fingerprint density at radius 3 is 2.26 bits per heavy atom. The third kappa shape index (κ3) is 3.71. The van der Waals surface area contributed by atoms with Gasteiger partial charge in [0.25, 0.3) is 10.0 Å². The molecule has 0 atom stereocenters.